The molecule has 0 unspecified atom stereocenters. The van der Waals surface area contributed by atoms with E-state index in [1.807, 2.05) is 11.8 Å². The molecule has 2 saturated heterocycles. The van der Waals surface area contributed by atoms with Crippen LogP contribution < -0.4 is 9.80 Å². The number of fused-ring (bicyclic) bond motifs is 1. The molecule has 2 aromatic rings. The minimum absolute atomic E-state index is 0.134. The number of carbonyl (C=O) groups excluding carboxylic acids is 1. The van der Waals surface area contributed by atoms with E-state index in [1.54, 1.807) is 11.6 Å². The lowest BCUT2D eigenvalue weighted by Crippen LogP contribution is -2.54. The van der Waals surface area contributed by atoms with E-state index in [4.69, 9.17) is 19.4 Å². The number of thioether (sulfide) groups is 1. The van der Waals surface area contributed by atoms with E-state index < -0.39 is 0 Å². The molecule has 5 rings (SSSR count). The minimum Gasteiger partial charge on any atom is -0.455 e. The summed E-state index contributed by atoms with van der Waals surface area (Å²) in [7, 11) is 2.14. The van der Waals surface area contributed by atoms with Gasteiger partial charge in [-0.15, -0.1) is 11.8 Å². The van der Waals surface area contributed by atoms with Crippen LogP contribution in [-0.2, 0) is 15.9 Å². The van der Waals surface area contributed by atoms with Crippen LogP contribution >= 0.6 is 23.3 Å². The Hall–Kier alpha value is -1.91. The Kier molecular flexibility index (Phi) is 5.31. The van der Waals surface area contributed by atoms with Crippen LogP contribution in [0.5, 0.6) is 0 Å². The van der Waals surface area contributed by atoms with Gasteiger partial charge in [-0.3, -0.25) is 0 Å². The highest BCUT2D eigenvalue weighted by Crippen LogP contribution is 2.39. The maximum Gasteiger partial charge on any atom is 0.341 e. The van der Waals surface area contributed by atoms with Gasteiger partial charge in [0.1, 0.15) is 11.9 Å². The van der Waals surface area contributed by atoms with Gasteiger partial charge in [0.25, 0.3) is 0 Å². The average Bonchev–Trinajstić information content (AvgIpc) is 3.41. The summed E-state index contributed by atoms with van der Waals surface area (Å²) >= 11 is 3.10. The second-order valence-electron chi connectivity index (χ2n) is 7.52. The molecule has 0 amide bonds. The molecule has 3 aliphatic heterocycles. The Morgan fingerprint density at radius 2 is 2.14 bits per heavy atom. The molecule has 10 heteroatoms. The van der Waals surface area contributed by atoms with Gasteiger partial charge in [-0.05, 0) is 24.4 Å². The molecular formula is C19H23N5O3S2. The molecule has 0 aliphatic carbocycles. The lowest BCUT2D eigenvalue weighted by Gasteiger charge is -2.39. The summed E-state index contributed by atoms with van der Waals surface area (Å²) in [6.45, 7) is 2.85. The number of aryl methyl sites for hydroxylation is 1. The fourth-order valence-corrected chi connectivity index (χ4v) is 5.50. The summed E-state index contributed by atoms with van der Waals surface area (Å²) in [5, 5.41) is 1.71. The number of anilines is 2. The van der Waals surface area contributed by atoms with E-state index >= 15 is 0 Å². The van der Waals surface area contributed by atoms with Crippen molar-refractivity contribution in [2.45, 2.75) is 36.3 Å². The fourth-order valence-electron chi connectivity index (χ4n) is 3.86. The van der Waals surface area contributed by atoms with Crippen LogP contribution in [0.25, 0.3) is 0 Å². The summed E-state index contributed by atoms with van der Waals surface area (Å²) in [5.41, 5.74) is 1.65. The lowest BCUT2D eigenvalue weighted by atomic mass is 10.1. The van der Waals surface area contributed by atoms with E-state index in [2.05, 4.69) is 21.2 Å². The summed E-state index contributed by atoms with van der Waals surface area (Å²) in [6, 6.07) is 0.445. The Labute approximate surface area is 177 Å². The van der Waals surface area contributed by atoms with Crippen LogP contribution in [0.1, 0.15) is 28.9 Å². The van der Waals surface area contributed by atoms with Crippen LogP contribution in [-0.4, -0.2) is 71.6 Å². The zero-order valence-corrected chi connectivity index (χ0v) is 17.9. The van der Waals surface area contributed by atoms with E-state index in [9.17, 15) is 4.79 Å². The van der Waals surface area contributed by atoms with Gasteiger partial charge in [0.15, 0.2) is 0 Å². The minimum atomic E-state index is -0.311. The van der Waals surface area contributed by atoms with Crippen molar-refractivity contribution >= 4 is 41.0 Å². The number of hydrogen-bond donors (Lipinski definition) is 0. The Morgan fingerprint density at radius 1 is 1.31 bits per heavy atom. The quantitative estimate of drug-likeness (QED) is 0.660. The largest absolute Gasteiger partial charge is 0.455 e. The SMILES string of the molecule is CN(c1nc(N2CC(OC(=O)c3cnsc3)C2)nc2c1SCC2)C1CCOCC1. The van der Waals surface area contributed by atoms with E-state index in [0.29, 0.717) is 24.7 Å². The van der Waals surface area contributed by atoms with Crippen LogP contribution in [0, 0.1) is 0 Å². The number of esters is 1. The maximum absolute atomic E-state index is 12.1. The lowest BCUT2D eigenvalue weighted by molar-refractivity contribution is 0.0231. The molecule has 154 valence electrons. The van der Waals surface area contributed by atoms with Crippen molar-refractivity contribution < 1.29 is 14.3 Å². The standard InChI is InChI=1S/C19H23N5O3S2/c1-23(13-2-5-26-6-3-13)17-16-15(4-7-28-16)21-19(22-17)24-9-14(10-24)27-18(25)12-8-20-29-11-12/h8,11,13-14H,2-7,9-10H2,1H3. The van der Waals surface area contributed by atoms with Crippen molar-refractivity contribution in [3.05, 3.63) is 22.8 Å². The van der Waals surface area contributed by atoms with Crippen molar-refractivity contribution in [2.24, 2.45) is 0 Å². The maximum atomic E-state index is 12.1. The molecule has 0 spiro atoms. The highest BCUT2D eigenvalue weighted by molar-refractivity contribution is 7.99. The Balaban J connectivity index is 1.29. The predicted octanol–water partition coefficient (Wildman–Crippen LogP) is 2.24. The number of aromatic nitrogens is 3. The Bertz CT molecular complexity index is 882. The van der Waals surface area contributed by atoms with Crippen molar-refractivity contribution in [3.8, 4) is 0 Å². The molecule has 0 bridgehead atoms. The molecule has 0 radical (unpaired) electrons. The van der Waals surface area contributed by atoms with Gasteiger partial charge in [-0.1, -0.05) is 0 Å². The van der Waals surface area contributed by atoms with Gasteiger partial charge in [0.05, 0.1) is 35.4 Å². The first-order chi connectivity index (χ1) is 14.2. The van der Waals surface area contributed by atoms with Gasteiger partial charge in [-0.25, -0.2) is 14.2 Å². The van der Waals surface area contributed by atoms with Crippen molar-refractivity contribution in [3.63, 3.8) is 0 Å². The van der Waals surface area contributed by atoms with Crippen molar-refractivity contribution in [1.82, 2.24) is 14.3 Å². The van der Waals surface area contributed by atoms with E-state index in [1.165, 1.54) is 16.4 Å². The van der Waals surface area contributed by atoms with Crippen molar-refractivity contribution in [1.29, 1.82) is 0 Å². The molecular weight excluding hydrogens is 410 g/mol. The fraction of sp³-hybridized carbons (Fsp3) is 0.579. The molecule has 5 heterocycles. The number of hydrogen-bond acceptors (Lipinski definition) is 10. The summed E-state index contributed by atoms with van der Waals surface area (Å²) in [6.07, 6.45) is 4.43. The van der Waals surface area contributed by atoms with Gasteiger partial charge in [0, 0.05) is 43.9 Å². The predicted molar refractivity (Wildman–Crippen MR) is 112 cm³/mol. The molecule has 8 nitrogen and oxygen atoms in total. The zero-order valence-electron chi connectivity index (χ0n) is 16.2. The number of carbonyl (C=O) groups is 1. The first-order valence-electron chi connectivity index (χ1n) is 9.88. The monoisotopic (exact) mass is 433 g/mol. The smallest absolute Gasteiger partial charge is 0.341 e. The number of rotatable bonds is 5. The third-order valence-electron chi connectivity index (χ3n) is 5.64. The van der Waals surface area contributed by atoms with Gasteiger partial charge < -0.3 is 19.3 Å². The Morgan fingerprint density at radius 3 is 2.90 bits per heavy atom. The number of nitrogens with zero attached hydrogens (tertiary/aromatic N) is 5. The molecule has 0 saturated carbocycles. The van der Waals surface area contributed by atoms with Crippen molar-refractivity contribution in [2.75, 3.05) is 48.9 Å². The first-order valence-corrected chi connectivity index (χ1v) is 11.7. The molecule has 3 aliphatic rings. The molecule has 0 N–H and O–H groups in total. The topological polar surface area (TPSA) is 80.7 Å². The third-order valence-corrected chi connectivity index (χ3v) is 7.34. The summed E-state index contributed by atoms with van der Waals surface area (Å²) in [4.78, 5) is 27.5. The zero-order chi connectivity index (χ0) is 19.8. The van der Waals surface area contributed by atoms with E-state index in [0.717, 1.165) is 55.7 Å². The molecule has 2 aromatic heterocycles. The highest BCUT2D eigenvalue weighted by atomic mass is 32.2. The highest BCUT2D eigenvalue weighted by Gasteiger charge is 2.35. The molecule has 0 aromatic carbocycles. The number of ether oxygens (including phenoxy) is 2. The van der Waals surface area contributed by atoms with Gasteiger partial charge in [-0.2, -0.15) is 4.98 Å². The molecule has 29 heavy (non-hydrogen) atoms. The second-order valence-corrected chi connectivity index (χ2v) is 9.28. The normalized spacial score (nSPS) is 19.7. The third kappa shape index (κ3) is 3.80. The van der Waals surface area contributed by atoms with Crippen LogP contribution in [0.2, 0.25) is 0 Å². The first kappa shape index (κ1) is 19.1. The summed E-state index contributed by atoms with van der Waals surface area (Å²) in [5.74, 6) is 2.51. The van der Waals surface area contributed by atoms with Gasteiger partial charge >= 0.3 is 5.97 Å². The van der Waals surface area contributed by atoms with E-state index in [-0.39, 0.29) is 12.1 Å². The van der Waals surface area contributed by atoms with Gasteiger partial charge in [0.2, 0.25) is 5.95 Å². The average molecular weight is 434 g/mol. The van der Waals surface area contributed by atoms with Crippen LogP contribution in [0.3, 0.4) is 0 Å². The second kappa shape index (κ2) is 8.08. The van der Waals surface area contributed by atoms with Crippen LogP contribution in [0.4, 0.5) is 11.8 Å². The molecule has 0 atom stereocenters. The molecule has 2 fully saturated rings. The van der Waals surface area contributed by atoms with Crippen LogP contribution in [0.15, 0.2) is 16.5 Å². The summed E-state index contributed by atoms with van der Waals surface area (Å²) < 4.78 is 15.0.